The molecule has 1 saturated heterocycles. The molecule has 2 aliphatic heterocycles. The Hall–Kier alpha value is -3.41. The molecule has 0 radical (unpaired) electrons. The number of carboxylic acids is 1. The molecule has 26 heavy (non-hydrogen) atoms. The van der Waals surface area contributed by atoms with Gasteiger partial charge in [0.15, 0.2) is 0 Å². The molecule has 130 valence electrons. The van der Waals surface area contributed by atoms with E-state index >= 15 is 0 Å². The van der Waals surface area contributed by atoms with E-state index < -0.39 is 5.97 Å². The van der Waals surface area contributed by atoms with E-state index in [9.17, 15) is 9.59 Å². The lowest BCUT2D eigenvalue weighted by molar-refractivity contribution is 0.0697. The fourth-order valence-electron chi connectivity index (χ4n) is 3.09. The van der Waals surface area contributed by atoms with Gasteiger partial charge in [-0.1, -0.05) is 24.3 Å². The van der Waals surface area contributed by atoms with Crippen LogP contribution >= 0.6 is 0 Å². The van der Waals surface area contributed by atoms with Gasteiger partial charge in [0.2, 0.25) is 0 Å². The Morgan fingerprint density at radius 3 is 2.85 bits per heavy atom. The summed E-state index contributed by atoms with van der Waals surface area (Å²) in [5.74, 6) is -0.953. The lowest BCUT2D eigenvalue weighted by Crippen LogP contribution is -2.23. The Morgan fingerprint density at radius 1 is 1.19 bits per heavy atom. The molecule has 0 aromatic heterocycles. The van der Waals surface area contributed by atoms with Crippen LogP contribution in [-0.4, -0.2) is 36.0 Å². The van der Waals surface area contributed by atoms with Gasteiger partial charge >= 0.3 is 12.1 Å². The molecular weight excluding hydrogens is 332 g/mol. The molecule has 0 atom stereocenters. The predicted molar refractivity (Wildman–Crippen MR) is 97.8 cm³/mol. The van der Waals surface area contributed by atoms with E-state index in [2.05, 4.69) is 4.99 Å². The third kappa shape index (κ3) is 2.97. The van der Waals surface area contributed by atoms with Gasteiger partial charge in [0, 0.05) is 11.3 Å². The summed E-state index contributed by atoms with van der Waals surface area (Å²) in [6.45, 7) is 1.54. The summed E-state index contributed by atoms with van der Waals surface area (Å²) in [4.78, 5) is 29.0. The van der Waals surface area contributed by atoms with Gasteiger partial charge in [-0.3, -0.25) is 9.89 Å². The van der Waals surface area contributed by atoms with Crippen molar-refractivity contribution in [3.8, 4) is 0 Å². The number of allylic oxidation sites excluding steroid dienone is 1. The monoisotopic (exact) mass is 348 g/mol. The van der Waals surface area contributed by atoms with Crippen molar-refractivity contribution in [2.75, 3.05) is 18.1 Å². The minimum Gasteiger partial charge on any atom is -0.478 e. The number of benzene rings is 2. The zero-order valence-electron chi connectivity index (χ0n) is 13.9. The van der Waals surface area contributed by atoms with Crippen LogP contribution in [0.25, 0.3) is 6.08 Å². The maximum absolute atomic E-state index is 11.8. The highest BCUT2D eigenvalue weighted by Gasteiger charge is 2.25. The average Bonchev–Trinajstić information content (AvgIpc) is 3.25. The van der Waals surface area contributed by atoms with E-state index in [1.54, 1.807) is 23.1 Å². The largest absolute Gasteiger partial charge is 0.478 e. The maximum atomic E-state index is 11.8. The van der Waals surface area contributed by atoms with Crippen LogP contribution in [0.4, 0.5) is 10.5 Å². The van der Waals surface area contributed by atoms with Crippen LogP contribution in [-0.2, 0) is 11.3 Å². The number of nitrogens with zero attached hydrogens (tertiary/aromatic N) is 2. The minimum absolute atomic E-state index is 0.246. The molecule has 4 rings (SSSR count). The van der Waals surface area contributed by atoms with E-state index in [4.69, 9.17) is 9.84 Å². The molecule has 1 fully saturated rings. The average molecular weight is 348 g/mol. The van der Waals surface area contributed by atoms with Crippen molar-refractivity contribution in [2.45, 2.75) is 6.54 Å². The second kappa shape index (κ2) is 6.48. The molecule has 2 aliphatic rings. The topological polar surface area (TPSA) is 79.2 Å². The summed E-state index contributed by atoms with van der Waals surface area (Å²) in [5.41, 5.74) is 4.72. The van der Waals surface area contributed by atoms with Gasteiger partial charge in [-0.15, -0.1) is 0 Å². The van der Waals surface area contributed by atoms with E-state index in [1.165, 1.54) is 0 Å². The first-order valence-electron chi connectivity index (χ1n) is 8.25. The first-order valence-corrected chi connectivity index (χ1v) is 8.25. The Kier molecular flexibility index (Phi) is 4.01. The Balaban J connectivity index is 1.60. The van der Waals surface area contributed by atoms with Crippen molar-refractivity contribution in [2.24, 2.45) is 4.99 Å². The fourth-order valence-corrected chi connectivity index (χ4v) is 3.09. The standard InChI is InChI=1S/C20H16N2O4/c23-19(24)14-3-1-2-13(10-14)4-7-18-17-11-16(6-5-15(17)12-21-18)22-8-9-26-20(22)25/h1-7,10-11H,8-9,12H2,(H,23,24)/b7-4+. The number of carbonyl (C=O) groups excluding carboxylic acids is 1. The highest BCUT2D eigenvalue weighted by atomic mass is 16.6. The molecule has 2 aromatic rings. The van der Waals surface area contributed by atoms with Crippen LogP contribution < -0.4 is 4.90 Å². The molecular formula is C20H16N2O4. The first-order chi connectivity index (χ1) is 12.6. The number of amides is 1. The van der Waals surface area contributed by atoms with E-state index in [0.29, 0.717) is 19.7 Å². The van der Waals surface area contributed by atoms with Crippen LogP contribution in [0.2, 0.25) is 0 Å². The molecule has 0 spiro atoms. The zero-order valence-corrected chi connectivity index (χ0v) is 13.9. The van der Waals surface area contributed by atoms with Gasteiger partial charge in [0.25, 0.3) is 0 Å². The van der Waals surface area contributed by atoms with Gasteiger partial charge in [0.1, 0.15) is 6.61 Å². The number of carboxylic acid groups (broad SMARTS) is 1. The van der Waals surface area contributed by atoms with Crippen molar-refractivity contribution in [1.29, 1.82) is 0 Å². The van der Waals surface area contributed by atoms with Gasteiger partial charge in [-0.25, -0.2) is 9.59 Å². The summed E-state index contributed by atoms with van der Waals surface area (Å²) in [5, 5.41) is 9.08. The summed E-state index contributed by atoms with van der Waals surface area (Å²) >= 11 is 0. The van der Waals surface area contributed by atoms with Crippen molar-refractivity contribution < 1.29 is 19.4 Å². The number of anilines is 1. The van der Waals surface area contributed by atoms with Crippen molar-refractivity contribution in [3.63, 3.8) is 0 Å². The second-order valence-corrected chi connectivity index (χ2v) is 6.07. The van der Waals surface area contributed by atoms with Gasteiger partial charge in [0.05, 0.1) is 24.4 Å². The number of aromatic carboxylic acids is 1. The highest BCUT2D eigenvalue weighted by Crippen LogP contribution is 2.27. The molecule has 1 N–H and O–H groups in total. The minimum atomic E-state index is -0.953. The van der Waals surface area contributed by atoms with E-state index in [1.807, 2.05) is 36.4 Å². The van der Waals surface area contributed by atoms with Crippen LogP contribution in [0.5, 0.6) is 0 Å². The summed E-state index contributed by atoms with van der Waals surface area (Å²) in [6, 6.07) is 12.6. The lowest BCUT2D eigenvalue weighted by atomic mass is 10.0. The number of hydrogen-bond donors (Lipinski definition) is 1. The number of carbonyl (C=O) groups is 2. The third-order valence-electron chi connectivity index (χ3n) is 4.43. The number of hydrogen-bond acceptors (Lipinski definition) is 4. The van der Waals surface area contributed by atoms with Crippen molar-refractivity contribution in [3.05, 3.63) is 70.8 Å². The third-order valence-corrected chi connectivity index (χ3v) is 4.43. The number of cyclic esters (lactones) is 1. The number of aliphatic imine (C=N–C) groups is 1. The van der Waals surface area contributed by atoms with Crippen LogP contribution in [0.15, 0.2) is 53.5 Å². The zero-order chi connectivity index (χ0) is 18.1. The molecule has 6 heteroatoms. The quantitative estimate of drug-likeness (QED) is 0.919. The van der Waals surface area contributed by atoms with Gasteiger partial charge in [-0.2, -0.15) is 0 Å². The number of fused-ring (bicyclic) bond motifs is 1. The Labute approximate surface area is 150 Å². The molecule has 0 aliphatic carbocycles. The number of rotatable bonds is 4. The van der Waals surface area contributed by atoms with Crippen molar-refractivity contribution in [1.82, 2.24) is 0 Å². The fraction of sp³-hybridized carbons (Fsp3) is 0.150. The van der Waals surface area contributed by atoms with Gasteiger partial charge in [-0.05, 0) is 41.5 Å². The first kappa shape index (κ1) is 16.1. The smallest absolute Gasteiger partial charge is 0.414 e. The van der Waals surface area contributed by atoms with Crippen LogP contribution in [0.3, 0.4) is 0 Å². The molecule has 2 heterocycles. The molecule has 1 amide bonds. The predicted octanol–water partition coefficient (Wildman–Crippen LogP) is 3.36. The second-order valence-electron chi connectivity index (χ2n) is 6.07. The lowest BCUT2D eigenvalue weighted by Gasteiger charge is -2.14. The summed E-state index contributed by atoms with van der Waals surface area (Å²) in [6.07, 6.45) is 3.39. The molecule has 6 nitrogen and oxygen atoms in total. The Morgan fingerprint density at radius 2 is 2.08 bits per heavy atom. The van der Waals surface area contributed by atoms with Crippen LogP contribution in [0, 0.1) is 0 Å². The Bertz CT molecular complexity index is 962. The molecule has 2 aromatic carbocycles. The van der Waals surface area contributed by atoms with Crippen molar-refractivity contribution >= 4 is 29.5 Å². The van der Waals surface area contributed by atoms with Crippen LogP contribution in [0.1, 0.15) is 27.0 Å². The molecule has 0 unspecified atom stereocenters. The number of ether oxygens (including phenoxy) is 1. The molecule has 0 bridgehead atoms. The maximum Gasteiger partial charge on any atom is 0.414 e. The summed E-state index contributed by atoms with van der Waals surface area (Å²) < 4.78 is 5.00. The SMILES string of the molecule is O=C(O)c1cccc(/C=C/C2=NCc3ccc(N4CCOC4=O)cc32)c1. The highest BCUT2D eigenvalue weighted by molar-refractivity contribution is 6.13. The van der Waals surface area contributed by atoms with Gasteiger partial charge < -0.3 is 9.84 Å². The van der Waals surface area contributed by atoms with E-state index in [0.717, 1.165) is 28.1 Å². The molecule has 0 saturated carbocycles. The van der Waals surface area contributed by atoms with E-state index in [-0.39, 0.29) is 11.7 Å². The summed E-state index contributed by atoms with van der Waals surface area (Å²) in [7, 11) is 0. The normalized spacial score (nSPS) is 15.9.